The summed E-state index contributed by atoms with van der Waals surface area (Å²) in [6.07, 6.45) is -10.4. The molecule has 0 radical (unpaired) electrons. The molecule has 12 unspecified atom stereocenters. The molecule has 2 saturated carbocycles. The Hall–Kier alpha value is -6.22. The number of fused-ring (bicyclic) bond motifs is 5. The number of hydrogen-bond acceptors (Lipinski definition) is 20. The molecule has 0 amide bonds. The first-order valence-corrected chi connectivity index (χ1v) is 20.8. The predicted molar refractivity (Wildman–Crippen MR) is 215 cm³/mol. The second-order valence-electron chi connectivity index (χ2n) is 17.6. The van der Waals surface area contributed by atoms with Crippen molar-refractivity contribution in [2.75, 3.05) is 13.2 Å². The van der Waals surface area contributed by atoms with Crippen molar-refractivity contribution in [3.05, 3.63) is 63.8 Å². The summed E-state index contributed by atoms with van der Waals surface area (Å²) >= 11 is 0. The minimum atomic E-state index is -2.93. The van der Waals surface area contributed by atoms with E-state index in [9.17, 15) is 48.3 Å². The summed E-state index contributed by atoms with van der Waals surface area (Å²) in [4.78, 5) is 127. The minimum absolute atomic E-state index is 0.0704. The number of rotatable bonds is 9. The molecule has 2 aliphatic heterocycles. The maximum Gasteiger partial charge on any atom is 0.340 e. The van der Waals surface area contributed by atoms with Gasteiger partial charge in [0.05, 0.1) is 34.6 Å². The van der Waals surface area contributed by atoms with Crippen LogP contribution in [0.4, 0.5) is 0 Å². The van der Waals surface area contributed by atoms with Gasteiger partial charge in [0.25, 0.3) is 0 Å². The maximum absolute atomic E-state index is 14.5. The number of hydrogen-bond donors (Lipinski definition) is 1. The lowest BCUT2D eigenvalue weighted by Gasteiger charge is -2.67. The lowest BCUT2D eigenvalue weighted by Crippen LogP contribution is -2.89. The van der Waals surface area contributed by atoms with Gasteiger partial charge in [-0.1, -0.05) is 20.8 Å². The number of esters is 8. The van der Waals surface area contributed by atoms with Crippen LogP contribution in [0.15, 0.2) is 41.5 Å². The molecule has 6 rings (SSSR count). The number of aromatic nitrogens is 2. The highest BCUT2D eigenvalue weighted by molar-refractivity contribution is 5.91. The highest BCUT2D eigenvalue weighted by Gasteiger charge is 2.92. The van der Waals surface area contributed by atoms with Crippen LogP contribution >= 0.6 is 0 Å². The van der Waals surface area contributed by atoms with Gasteiger partial charge in [-0.05, 0) is 32.0 Å². The zero-order chi connectivity index (χ0) is 48.1. The van der Waals surface area contributed by atoms with Gasteiger partial charge in [0.1, 0.15) is 42.0 Å². The van der Waals surface area contributed by atoms with Gasteiger partial charge in [-0.3, -0.25) is 38.5 Å². The van der Waals surface area contributed by atoms with Crippen LogP contribution in [0.2, 0.25) is 0 Å². The largest absolute Gasteiger partial charge is 0.464 e. The summed E-state index contributed by atoms with van der Waals surface area (Å²) in [6.45, 7) is 8.81. The Labute approximate surface area is 372 Å². The molecule has 352 valence electrons. The number of carbonyl (C=O) groups is 8. The van der Waals surface area contributed by atoms with Crippen LogP contribution in [-0.2, 0) is 84.9 Å². The SMILES string of the molecule is CC(=O)OC1C2C(OC(C)=O)C34OC2(C)COC(=O)c2cccnc2CC(C)C(=O)OC(C(OC(=O)c2ccc(=O)n(C)c2)C(OC(C)=O)C3(COC(=O)C(C)C)C1OC(C)=O)C4(C)O. The highest BCUT2D eigenvalue weighted by atomic mass is 16.7. The second kappa shape index (κ2) is 17.6. The monoisotopic (exact) mass is 912 g/mol. The van der Waals surface area contributed by atoms with Crippen molar-refractivity contribution in [3.8, 4) is 0 Å². The smallest absolute Gasteiger partial charge is 0.340 e. The van der Waals surface area contributed by atoms with Crippen LogP contribution in [0, 0.1) is 23.2 Å². The molecule has 3 fully saturated rings. The molecule has 2 aromatic heterocycles. The molecule has 2 aromatic rings. The summed E-state index contributed by atoms with van der Waals surface area (Å²) in [5.41, 5.74) is -11.4. The number of carbonyl (C=O) groups excluding carboxylic acids is 8. The zero-order valence-electron chi connectivity index (χ0n) is 37.5. The van der Waals surface area contributed by atoms with Crippen molar-refractivity contribution < 1.29 is 86.1 Å². The van der Waals surface area contributed by atoms with E-state index in [1.54, 1.807) is 0 Å². The van der Waals surface area contributed by atoms with Crippen LogP contribution in [0.1, 0.15) is 88.7 Å². The van der Waals surface area contributed by atoms with E-state index in [2.05, 4.69) is 4.98 Å². The molecule has 12 atom stereocenters. The van der Waals surface area contributed by atoms with E-state index in [0.29, 0.717) is 0 Å². The number of aliphatic hydroxyl groups is 1. The van der Waals surface area contributed by atoms with Crippen LogP contribution in [0.3, 0.4) is 0 Å². The fourth-order valence-electron chi connectivity index (χ4n) is 9.88. The average Bonchev–Trinajstić information content (AvgIpc) is 3.43. The standard InChI is InChI=1S/C44H52N2O19/c1-20(2)37(52)58-19-43-35(61-24(6)49)31(59-22(4)47)30-33(60-23(5)48)44(43)42(9,56)34(32(36(43)62-25(7)50)63-39(54)26-13-14-29(51)46(10)17-26)64-38(53)21(3)16-28-27(12-11-15-45-28)40(55)57-18-41(30,8)65-44/h11-15,17,20-21,30-36,56H,16,18-19H2,1-10H3. The third kappa shape index (κ3) is 8.23. The zero-order valence-corrected chi connectivity index (χ0v) is 37.5. The van der Waals surface area contributed by atoms with Crippen molar-refractivity contribution in [2.24, 2.45) is 30.2 Å². The summed E-state index contributed by atoms with van der Waals surface area (Å²) < 4.78 is 56.7. The maximum atomic E-state index is 14.5. The summed E-state index contributed by atoms with van der Waals surface area (Å²) in [5.74, 6) is -12.1. The lowest BCUT2D eigenvalue weighted by atomic mass is 9.45. The van der Waals surface area contributed by atoms with E-state index in [1.807, 2.05) is 0 Å². The molecule has 21 nitrogen and oxygen atoms in total. The first-order chi connectivity index (χ1) is 30.3. The fraction of sp³-hybridized carbons (Fsp3) is 0.591. The molecule has 65 heavy (non-hydrogen) atoms. The van der Waals surface area contributed by atoms with E-state index in [0.717, 1.165) is 57.5 Å². The molecule has 4 heterocycles. The van der Waals surface area contributed by atoms with E-state index in [4.69, 9.17) is 42.6 Å². The van der Waals surface area contributed by atoms with E-state index in [-0.39, 0.29) is 23.2 Å². The molecule has 4 bridgehead atoms. The van der Waals surface area contributed by atoms with Crippen molar-refractivity contribution in [2.45, 2.75) is 122 Å². The first kappa shape index (κ1) is 48.2. The normalized spacial score (nSPS) is 33.8. The van der Waals surface area contributed by atoms with Crippen molar-refractivity contribution >= 4 is 47.8 Å². The summed E-state index contributed by atoms with van der Waals surface area (Å²) in [7, 11) is 1.35. The quantitative estimate of drug-likeness (QED) is 0.272. The summed E-state index contributed by atoms with van der Waals surface area (Å²) in [6, 6.07) is 5.03. The first-order valence-electron chi connectivity index (χ1n) is 20.8. The Bertz CT molecular complexity index is 2360. The highest BCUT2D eigenvalue weighted by Crippen LogP contribution is 2.70. The van der Waals surface area contributed by atoms with Gasteiger partial charge in [0.15, 0.2) is 30.0 Å². The number of cyclic esters (lactones) is 1. The van der Waals surface area contributed by atoms with E-state index < -0.39 is 143 Å². The average molecular weight is 913 g/mol. The third-order valence-electron chi connectivity index (χ3n) is 12.5. The molecule has 4 aliphatic rings. The van der Waals surface area contributed by atoms with Gasteiger partial charge >= 0.3 is 47.8 Å². The molecule has 1 spiro atoms. The second-order valence-corrected chi connectivity index (χ2v) is 17.6. The molecule has 21 heteroatoms. The molecule has 0 aromatic carbocycles. The Kier molecular flexibility index (Phi) is 13.1. The molecule has 1 N–H and O–H groups in total. The Morgan fingerprint density at radius 2 is 1.46 bits per heavy atom. The van der Waals surface area contributed by atoms with E-state index in [1.165, 1.54) is 53.1 Å². The van der Waals surface area contributed by atoms with Crippen LogP contribution in [0.5, 0.6) is 0 Å². The van der Waals surface area contributed by atoms with Gasteiger partial charge in [0, 0.05) is 59.6 Å². The molecule has 2 aliphatic carbocycles. The Balaban J connectivity index is 1.80. The minimum Gasteiger partial charge on any atom is -0.464 e. The lowest BCUT2D eigenvalue weighted by molar-refractivity contribution is -0.386. The third-order valence-corrected chi connectivity index (χ3v) is 12.5. The molecular weight excluding hydrogens is 860 g/mol. The van der Waals surface area contributed by atoms with Gasteiger partial charge in [-0.2, -0.15) is 0 Å². The predicted octanol–water partition coefficient (Wildman–Crippen LogP) is 1.10. The molecule has 1 saturated heterocycles. The van der Waals surface area contributed by atoms with Crippen molar-refractivity contribution in [1.29, 1.82) is 0 Å². The van der Waals surface area contributed by atoms with Gasteiger partial charge in [-0.25, -0.2) is 9.59 Å². The van der Waals surface area contributed by atoms with Crippen LogP contribution in [0.25, 0.3) is 0 Å². The Morgan fingerprint density at radius 3 is 2.05 bits per heavy atom. The molecular formula is C44H52N2O19. The number of nitrogens with zero attached hydrogens (tertiary/aromatic N) is 2. The van der Waals surface area contributed by atoms with Gasteiger partial charge < -0.3 is 52.3 Å². The van der Waals surface area contributed by atoms with Crippen LogP contribution < -0.4 is 5.56 Å². The number of ether oxygens (including phenoxy) is 9. The topological polar surface area (TPSA) is 275 Å². The number of pyridine rings is 2. The van der Waals surface area contributed by atoms with Gasteiger partial charge in [0.2, 0.25) is 5.56 Å². The number of aryl methyl sites for hydroxylation is 1. The summed E-state index contributed by atoms with van der Waals surface area (Å²) in [5, 5.41) is 13.7. The fourth-order valence-corrected chi connectivity index (χ4v) is 9.88. The van der Waals surface area contributed by atoms with Crippen molar-refractivity contribution in [3.63, 3.8) is 0 Å². The Morgan fingerprint density at radius 1 is 0.862 bits per heavy atom. The van der Waals surface area contributed by atoms with Gasteiger partial charge in [-0.15, -0.1) is 0 Å². The van der Waals surface area contributed by atoms with Crippen LogP contribution in [-0.4, -0.2) is 129 Å². The van der Waals surface area contributed by atoms with E-state index >= 15 is 0 Å². The van der Waals surface area contributed by atoms with Crippen molar-refractivity contribution in [1.82, 2.24) is 9.55 Å².